The number of nitrogens with one attached hydrogen (secondary N) is 1. The van der Waals surface area contributed by atoms with Crippen LogP contribution < -0.4 is 5.32 Å². The number of rotatable bonds is 4. The Morgan fingerprint density at radius 1 is 1.13 bits per heavy atom. The Bertz CT molecular complexity index is 791. The van der Waals surface area contributed by atoms with E-state index in [1.54, 1.807) is 0 Å². The van der Waals surface area contributed by atoms with Gasteiger partial charge in [-0.1, -0.05) is 39.0 Å². The normalized spacial score (nSPS) is 36.5. The second-order valence-electron chi connectivity index (χ2n) is 10.5. The fraction of sp³-hybridized carbons (Fsp3) is 0.692. The van der Waals surface area contributed by atoms with Gasteiger partial charge in [0.1, 0.15) is 0 Å². The number of carbonyl (C=O) groups is 2. The molecule has 0 radical (unpaired) electrons. The summed E-state index contributed by atoms with van der Waals surface area (Å²) in [7, 11) is 0. The molecule has 31 heavy (non-hydrogen) atoms. The lowest BCUT2D eigenvalue weighted by atomic mass is 9.51. The number of aliphatic hydroxyl groups excluding tert-OH is 1. The van der Waals surface area contributed by atoms with Crippen molar-refractivity contribution in [3.05, 3.63) is 35.9 Å². The quantitative estimate of drug-likeness (QED) is 0.768. The number of aliphatic hydroxyl groups is 1. The van der Waals surface area contributed by atoms with Gasteiger partial charge in [0.05, 0.1) is 6.10 Å². The minimum Gasteiger partial charge on any atom is -0.392 e. The third-order valence-electron chi connectivity index (χ3n) is 8.69. The second kappa shape index (κ2) is 8.93. The van der Waals surface area contributed by atoms with Gasteiger partial charge in [0.25, 0.3) is 5.91 Å². The maximum atomic E-state index is 13.0. The maximum Gasteiger partial charge on any atom is 0.251 e. The summed E-state index contributed by atoms with van der Waals surface area (Å²) in [6, 6.07) is 9.39. The zero-order chi connectivity index (χ0) is 22.2. The molecule has 0 aromatic heterocycles. The SMILES string of the molecule is C[C@H]1[C@@H]2[C@@H](O)[C@H]([C@H](C)C(=O)N3CCCC3)CC[C@@]2(C)CC[C@@H]1NC(=O)c1ccccc1. The number of nitrogens with zero attached hydrogens (tertiary/aromatic N) is 1. The summed E-state index contributed by atoms with van der Waals surface area (Å²) >= 11 is 0. The first-order chi connectivity index (χ1) is 14.8. The van der Waals surface area contributed by atoms with Crippen molar-refractivity contribution in [2.75, 3.05) is 13.1 Å². The summed E-state index contributed by atoms with van der Waals surface area (Å²) < 4.78 is 0. The van der Waals surface area contributed by atoms with Crippen molar-refractivity contribution in [3.63, 3.8) is 0 Å². The molecule has 2 amide bonds. The molecule has 3 aliphatic rings. The molecule has 1 aliphatic heterocycles. The molecule has 1 aromatic carbocycles. The van der Waals surface area contributed by atoms with Crippen molar-refractivity contribution >= 4 is 11.8 Å². The van der Waals surface area contributed by atoms with E-state index in [1.807, 2.05) is 42.2 Å². The van der Waals surface area contributed by atoms with Crippen LogP contribution in [-0.2, 0) is 4.79 Å². The third kappa shape index (κ3) is 4.26. The van der Waals surface area contributed by atoms with Gasteiger partial charge in [-0.15, -0.1) is 0 Å². The third-order valence-corrected chi connectivity index (χ3v) is 8.69. The van der Waals surface area contributed by atoms with E-state index < -0.39 is 6.10 Å². The number of amides is 2. The van der Waals surface area contributed by atoms with Crippen LogP contribution in [0.15, 0.2) is 30.3 Å². The minimum atomic E-state index is -0.508. The minimum absolute atomic E-state index is 0.00259. The first-order valence-electron chi connectivity index (χ1n) is 12.1. The number of hydrogen-bond donors (Lipinski definition) is 2. The average molecular weight is 427 g/mol. The lowest BCUT2D eigenvalue weighted by Crippen LogP contribution is -2.58. The van der Waals surface area contributed by atoms with E-state index in [4.69, 9.17) is 0 Å². The molecule has 3 fully saturated rings. The van der Waals surface area contributed by atoms with Crippen LogP contribution >= 0.6 is 0 Å². The summed E-state index contributed by atoms with van der Waals surface area (Å²) in [5.74, 6) is 0.276. The Morgan fingerprint density at radius 2 is 1.77 bits per heavy atom. The van der Waals surface area contributed by atoms with Gasteiger partial charge in [-0.3, -0.25) is 9.59 Å². The van der Waals surface area contributed by atoms with Gasteiger partial charge in [-0.2, -0.15) is 0 Å². The van der Waals surface area contributed by atoms with Crippen molar-refractivity contribution in [1.82, 2.24) is 10.2 Å². The van der Waals surface area contributed by atoms with Gasteiger partial charge in [0.2, 0.25) is 5.91 Å². The Morgan fingerprint density at radius 3 is 2.45 bits per heavy atom. The summed E-state index contributed by atoms with van der Waals surface area (Å²) in [5, 5.41) is 14.8. The van der Waals surface area contributed by atoms with Gasteiger partial charge in [0, 0.05) is 30.6 Å². The van der Waals surface area contributed by atoms with E-state index in [2.05, 4.69) is 19.2 Å². The first-order valence-corrected chi connectivity index (χ1v) is 12.1. The van der Waals surface area contributed by atoms with Gasteiger partial charge in [-0.05, 0) is 73.8 Å². The van der Waals surface area contributed by atoms with Crippen LogP contribution in [0.4, 0.5) is 0 Å². The molecule has 5 heteroatoms. The first kappa shape index (κ1) is 22.3. The lowest BCUT2D eigenvalue weighted by Gasteiger charge is -2.56. The van der Waals surface area contributed by atoms with E-state index in [1.165, 1.54) is 0 Å². The van der Waals surface area contributed by atoms with Crippen LogP contribution in [0.25, 0.3) is 0 Å². The van der Waals surface area contributed by atoms with E-state index in [-0.39, 0.29) is 46.9 Å². The molecular weight excluding hydrogens is 388 g/mol. The molecule has 1 aromatic rings. The zero-order valence-electron chi connectivity index (χ0n) is 19.2. The Labute approximate surface area is 186 Å². The molecule has 2 saturated carbocycles. The van der Waals surface area contributed by atoms with Gasteiger partial charge in [0.15, 0.2) is 0 Å². The molecule has 1 heterocycles. The number of benzene rings is 1. The molecule has 1 saturated heterocycles. The highest BCUT2D eigenvalue weighted by atomic mass is 16.3. The van der Waals surface area contributed by atoms with Crippen LogP contribution in [0.5, 0.6) is 0 Å². The van der Waals surface area contributed by atoms with Crippen LogP contribution in [0.3, 0.4) is 0 Å². The fourth-order valence-electron chi connectivity index (χ4n) is 6.75. The average Bonchev–Trinajstić information content (AvgIpc) is 3.30. The molecule has 5 nitrogen and oxygen atoms in total. The topological polar surface area (TPSA) is 69.6 Å². The molecule has 4 rings (SSSR count). The van der Waals surface area contributed by atoms with Gasteiger partial charge in [-0.25, -0.2) is 0 Å². The van der Waals surface area contributed by atoms with Crippen LogP contribution in [0.1, 0.15) is 69.7 Å². The molecule has 170 valence electrons. The van der Waals surface area contributed by atoms with E-state index in [0.717, 1.165) is 51.6 Å². The van der Waals surface area contributed by atoms with Crippen LogP contribution in [0, 0.1) is 29.1 Å². The van der Waals surface area contributed by atoms with Gasteiger partial charge >= 0.3 is 0 Å². The molecule has 0 spiro atoms. The molecule has 2 N–H and O–H groups in total. The summed E-state index contributed by atoms with van der Waals surface area (Å²) in [6.45, 7) is 8.21. The fourth-order valence-corrected chi connectivity index (χ4v) is 6.75. The molecule has 0 unspecified atom stereocenters. The standard InChI is InChI=1S/C26H38N2O3/c1-17(25(31)28-15-7-8-16-28)20-11-13-26(3)14-12-21(18(2)22(26)23(20)29)27-24(30)19-9-5-4-6-10-19/h4-6,9-10,17-18,20-23,29H,7-8,11-16H2,1-3H3,(H,27,30)/t17-,18+,20-,21-,22+,23-,26-/m0/s1. The Balaban J connectivity index is 1.48. The summed E-state index contributed by atoms with van der Waals surface area (Å²) in [6.07, 6.45) is 5.56. The van der Waals surface area contributed by atoms with Crippen molar-refractivity contribution in [1.29, 1.82) is 0 Å². The highest BCUT2D eigenvalue weighted by Crippen LogP contribution is 2.55. The number of hydrogen-bond acceptors (Lipinski definition) is 3. The second-order valence-corrected chi connectivity index (χ2v) is 10.5. The molecular formula is C26H38N2O3. The molecule has 2 aliphatic carbocycles. The predicted molar refractivity (Wildman–Crippen MR) is 121 cm³/mol. The largest absolute Gasteiger partial charge is 0.392 e. The predicted octanol–water partition coefficient (Wildman–Crippen LogP) is 3.87. The number of likely N-dealkylation sites (tertiary alicyclic amines) is 1. The van der Waals surface area contributed by atoms with Crippen LogP contribution in [-0.4, -0.2) is 47.1 Å². The van der Waals surface area contributed by atoms with E-state index >= 15 is 0 Å². The number of fused-ring (bicyclic) bond motifs is 1. The maximum absolute atomic E-state index is 13.0. The lowest BCUT2D eigenvalue weighted by molar-refractivity contribution is -0.149. The monoisotopic (exact) mass is 426 g/mol. The summed E-state index contributed by atoms with van der Waals surface area (Å²) in [4.78, 5) is 27.8. The van der Waals surface area contributed by atoms with E-state index in [0.29, 0.717) is 5.56 Å². The highest BCUT2D eigenvalue weighted by molar-refractivity contribution is 5.94. The van der Waals surface area contributed by atoms with E-state index in [9.17, 15) is 14.7 Å². The Kier molecular flexibility index (Phi) is 6.43. The molecule has 0 bridgehead atoms. The number of carbonyl (C=O) groups excluding carboxylic acids is 2. The van der Waals surface area contributed by atoms with Crippen molar-refractivity contribution in [2.45, 2.75) is 71.4 Å². The Hall–Kier alpha value is -1.88. The van der Waals surface area contributed by atoms with Crippen molar-refractivity contribution < 1.29 is 14.7 Å². The molecule has 7 atom stereocenters. The summed E-state index contributed by atoms with van der Waals surface area (Å²) in [5.41, 5.74) is 0.745. The highest BCUT2D eigenvalue weighted by Gasteiger charge is 2.54. The van der Waals surface area contributed by atoms with Gasteiger partial charge < -0.3 is 15.3 Å². The zero-order valence-corrected chi connectivity index (χ0v) is 19.2. The van der Waals surface area contributed by atoms with Crippen molar-refractivity contribution in [2.24, 2.45) is 29.1 Å². The van der Waals surface area contributed by atoms with Crippen LogP contribution in [0.2, 0.25) is 0 Å². The van der Waals surface area contributed by atoms with Crippen molar-refractivity contribution in [3.8, 4) is 0 Å². The smallest absolute Gasteiger partial charge is 0.251 e.